The summed E-state index contributed by atoms with van der Waals surface area (Å²) in [6, 6.07) is 7.29. The average molecular weight is 333 g/mol. The monoisotopic (exact) mass is 332 g/mol. The number of alkyl halides is 1. The van der Waals surface area contributed by atoms with Crippen LogP contribution in [-0.2, 0) is 12.8 Å². The molecule has 2 fully saturated rings. The lowest BCUT2D eigenvalue weighted by molar-refractivity contribution is 0.314. The smallest absolute Gasteiger partial charge is 0.0398 e. The molecule has 0 radical (unpaired) electrons. The van der Waals surface area contributed by atoms with E-state index >= 15 is 0 Å². The van der Waals surface area contributed by atoms with E-state index in [9.17, 15) is 0 Å². The summed E-state index contributed by atoms with van der Waals surface area (Å²) in [5.74, 6) is 3.13. The van der Waals surface area contributed by atoms with Gasteiger partial charge in [-0.2, -0.15) is 0 Å². The molecule has 0 aromatic heterocycles. The highest BCUT2D eigenvalue weighted by atomic mass is 79.9. The molecule has 3 aliphatic carbocycles. The van der Waals surface area contributed by atoms with Crippen LogP contribution in [0.2, 0.25) is 0 Å². The predicted octanol–water partition coefficient (Wildman–Crippen LogP) is 5.83. The van der Waals surface area contributed by atoms with Gasteiger partial charge in [-0.05, 0) is 85.8 Å². The van der Waals surface area contributed by atoms with E-state index in [-0.39, 0.29) is 0 Å². The van der Waals surface area contributed by atoms with E-state index in [1.54, 1.807) is 11.1 Å². The minimum atomic E-state index is 0.582. The molecule has 0 aliphatic heterocycles. The molecule has 0 N–H and O–H groups in total. The Morgan fingerprint density at radius 3 is 2.65 bits per heavy atom. The summed E-state index contributed by atoms with van der Waals surface area (Å²) >= 11 is 4.00. The number of fused-ring (bicyclic) bond motifs is 3. The Kier molecular flexibility index (Phi) is 3.66. The SMILES string of the molecule is BrC(CC1CC2CCC1C2)c1ccc2c(c1)CCCC2. The Labute approximate surface area is 131 Å². The van der Waals surface area contributed by atoms with Crippen LogP contribution in [0.15, 0.2) is 18.2 Å². The lowest BCUT2D eigenvalue weighted by Gasteiger charge is -2.25. The van der Waals surface area contributed by atoms with Gasteiger partial charge in [-0.25, -0.2) is 0 Å². The van der Waals surface area contributed by atoms with Crippen LogP contribution in [0.4, 0.5) is 0 Å². The van der Waals surface area contributed by atoms with Crippen molar-refractivity contribution >= 4 is 15.9 Å². The molecule has 0 amide bonds. The number of hydrogen-bond acceptors (Lipinski definition) is 0. The van der Waals surface area contributed by atoms with Crippen molar-refractivity contribution in [2.45, 2.75) is 62.6 Å². The molecule has 1 heteroatoms. The van der Waals surface area contributed by atoms with Gasteiger partial charge in [0.05, 0.1) is 0 Å². The minimum Gasteiger partial charge on any atom is -0.0839 e. The number of aryl methyl sites for hydroxylation is 2. The summed E-state index contributed by atoms with van der Waals surface area (Å²) in [6.07, 6.45) is 12.8. The van der Waals surface area contributed by atoms with Crippen LogP contribution in [-0.4, -0.2) is 0 Å². The van der Waals surface area contributed by atoms with Crippen LogP contribution >= 0.6 is 15.9 Å². The summed E-state index contributed by atoms with van der Waals surface area (Å²) in [5, 5.41) is 0. The van der Waals surface area contributed by atoms with Crippen molar-refractivity contribution in [3.8, 4) is 0 Å². The third kappa shape index (κ3) is 2.47. The van der Waals surface area contributed by atoms with Gasteiger partial charge >= 0.3 is 0 Å². The molecule has 1 aromatic rings. The normalized spacial score (nSPS) is 33.1. The van der Waals surface area contributed by atoms with Gasteiger partial charge in [0, 0.05) is 4.83 Å². The Balaban J connectivity index is 1.46. The second kappa shape index (κ2) is 5.48. The van der Waals surface area contributed by atoms with Crippen molar-refractivity contribution in [1.82, 2.24) is 0 Å². The van der Waals surface area contributed by atoms with E-state index in [1.165, 1.54) is 63.4 Å². The Morgan fingerprint density at radius 2 is 1.90 bits per heavy atom. The molecule has 0 nitrogen and oxygen atoms in total. The molecule has 0 spiro atoms. The molecule has 2 saturated carbocycles. The first-order valence-corrected chi connectivity index (χ1v) is 9.47. The van der Waals surface area contributed by atoms with Gasteiger partial charge in [0.1, 0.15) is 0 Å². The van der Waals surface area contributed by atoms with Crippen molar-refractivity contribution in [1.29, 1.82) is 0 Å². The molecule has 4 rings (SSSR count). The summed E-state index contributed by atoms with van der Waals surface area (Å²) in [5.41, 5.74) is 4.78. The van der Waals surface area contributed by atoms with E-state index in [2.05, 4.69) is 34.1 Å². The van der Waals surface area contributed by atoms with Crippen LogP contribution in [0.1, 0.15) is 66.5 Å². The first-order chi connectivity index (χ1) is 9.79. The van der Waals surface area contributed by atoms with Gasteiger partial charge in [0.15, 0.2) is 0 Å². The number of hydrogen-bond donors (Lipinski definition) is 0. The maximum atomic E-state index is 4.00. The van der Waals surface area contributed by atoms with Gasteiger partial charge in [0.25, 0.3) is 0 Å². The van der Waals surface area contributed by atoms with Crippen LogP contribution < -0.4 is 0 Å². The van der Waals surface area contributed by atoms with Crippen molar-refractivity contribution in [3.05, 3.63) is 34.9 Å². The van der Waals surface area contributed by atoms with Crippen molar-refractivity contribution in [2.24, 2.45) is 17.8 Å². The van der Waals surface area contributed by atoms with E-state index in [4.69, 9.17) is 0 Å². The zero-order valence-electron chi connectivity index (χ0n) is 12.3. The summed E-state index contributed by atoms with van der Waals surface area (Å²) < 4.78 is 0. The molecule has 108 valence electrons. The second-order valence-corrected chi connectivity index (χ2v) is 8.48. The molecule has 4 unspecified atom stereocenters. The van der Waals surface area contributed by atoms with Gasteiger partial charge in [-0.1, -0.05) is 40.5 Å². The molecule has 0 saturated heterocycles. The molecular formula is C19H25Br. The summed E-state index contributed by atoms with van der Waals surface area (Å²) in [4.78, 5) is 0.582. The molecule has 3 aliphatic rings. The third-order valence-electron chi connectivity index (χ3n) is 6.13. The highest BCUT2D eigenvalue weighted by Gasteiger charge is 2.39. The fraction of sp³-hybridized carbons (Fsp3) is 0.684. The van der Waals surface area contributed by atoms with Crippen LogP contribution in [0.25, 0.3) is 0 Å². The zero-order chi connectivity index (χ0) is 13.5. The van der Waals surface area contributed by atoms with Crippen molar-refractivity contribution in [3.63, 3.8) is 0 Å². The number of benzene rings is 1. The number of rotatable bonds is 3. The van der Waals surface area contributed by atoms with E-state index in [1.807, 2.05) is 0 Å². The van der Waals surface area contributed by atoms with Crippen LogP contribution in [0.3, 0.4) is 0 Å². The summed E-state index contributed by atoms with van der Waals surface area (Å²) in [6.45, 7) is 0. The maximum absolute atomic E-state index is 4.00. The van der Waals surface area contributed by atoms with Crippen molar-refractivity contribution < 1.29 is 0 Å². The largest absolute Gasteiger partial charge is 0.0839 e. The molecule has 20 heavy (non-hydrogen) atoms. The second-order valence-electron chi connectivity index (χ2n) is 7.37. The lowest BCUT2D eigenvalue weighted by Crippen LogP contribution is -2.12. The lowest BCUT2D eigenvalue weighted by atomic mass is 9.83. The molecule has 1 aromatic carbocycles. The quantitative estimate of drug-likeness (QED) is 0.611. The van der Waals surface area contributed by atoms with Gasteiger partial charge in [-0.3, -0.25) is 0 Å². The van der Waals surface area contributed by atoms with E-state index in [0.717, 1.165) is 17.8 Å². The fourth-order valence-electron chi connectivity index (χ4n) is 5.02. The van der Waals surface area contributed by atoms with E-state index in [0.29, 0.717) is 4.83 Å². The van der Waals surface area contributed by atoms with Crippen molar-refractivity contribution in [2.75, 3.05) is 0 Å². The van der Waals surface area contributed by atoms with E-state index < -0.39 is 0 Å². The van der Waals surface area contributed by atoms with Gasteiger partial charge < -0.3 is 0 Å². The standard InChI is InChI=1S/C19H25Br/c20-19(12-18-10-13-5-6-16(18)9-13)17-8-7-14-3-1-2-4-15(14)11-17/h7-8,11,13,16,18-19H,1-6,9-10,12H2. The topological polar surface area (TPSA) is 0 Å². The molecule has 2 bridgehead atoms. The minimum absolute atomic E-state index is 0.582. The average Bonchev–Trinajstić information content (AvgIpc) is 3.09. The van der Waals surface area contributed by atoms with Crippen LogP contribution in [0, 0.1) is 17.8 Å². The van der Waals surface area contributed by atoms with Gasteiger partial charge in [0.2, 0.25) is 0 Å². The first kappa shape index (κ1) is 13.4. The first-order valence-electron chi connectivity index (χ1n) is 8.55. The van der Waals surface area contributed by atoms with Gasteiger partial charge in [-0.15, -0.1) is 0 Å². The third-order valence-corrected chi connectivity index (χ3v) is 7.03. The predicted molar refractivity (Wildman–Crippen MR) is 88.3 cm³/mol. The molecular weight excluding hydrogens is 308 g/mol. The Morgan fingerprint density at radius 1 is 1.05 bits per heavy atom. The maximum Gasteiger partial charge on any atom is 0.0398 e. The zero-order valence-corrected chi connectivity index (χ0v) is 13.9. The summed E-state index contributed by atoms with van der Waals surface area (Å²) in [7, 11) is 0. The number of halogens is 1. The fourth-order valence-corrected chi connectivity index (χ4v) is 5.78. The highest BCUT2D eigenvalue weighted by Crippen LogP contribution is 2.52. The molecule has 4 atom stereocenters. The Hall–Kier alpha value is -0.300. The highest BCUT2D eigenvalue weighted by molar-refractivity contribution is 9.09. The Bertz CT molecular complexity index is 493. The molecule has 0 heterocycles. The van der Waals surface area contributed by atoms with Crippen LogP contribution in [0.5, 0.6) is 0 Å².